The smallest absolute Gasteiger partial charge is 0.307 e. The normalized spacial score (nSPS) is 13.4. The molecular formula is C14H29BCl5P. The Labute approximate surface area is 157 Å². The molecule has 0 amide bonds. The van der Waals surface area contributed by atoms with Crippen LogP contribution in [0.5, 0.6) is 0 Å². The molecule has 7 heteroatoms. The SMILES string of the molecule is CCCC[P+](CCCC)(CCCC)[B-](Cl)(C(Cl)Cl)C(Cl)Cl. The predicted octanol–water partition coefficient (Wildman–Crippen LogP) is 7.77. The first-order valence-corrected chi connectivity index (χ1v) is 12.7. The van der Waals surface area contributed by atoms with Crippen molar-refractivity contribution in [2.75, 3.05) is 18.5 Å². The van der Waals surface area contributed by atoms with Crippen LogP contribution in [-0.4, -0.2) is 33.2 Å². The van der Waals surface area contributed by atoms with Crippen molar-refractivity contribution in [3.63, 3.8) is 0 Å². The highest BCUT2D eigenvalue weighted by molar-refractivity contribution is 8.15. The van der Waals surface area contributed by atoms with E-state index in [-0.39, 0.29) is 0 Å². The standard InChI is InChI=1S/C14H29BCl5P/c1-4-7-10-21(11-8-5-2,12-9-6-3)15(20,13(16)17)14(18)19/h13-14H,4-12H2,1-3H3. The van der Waals surface area contributed by atoms with Gasteiger partial charge in [-0.25, -0.2) is 0 Å². The molecular weight excluding hydrogens is 387 g/mol. The van der Waals surface area contributed by atoms with Crippen molar-refractivity contribution in [1.82, 2.24) is 0 Å². The van der Waals surface area contributed by atoms with Crippen LogP contribution in [-0.2, 0) is 0 Å². The van der Waals surface area contributed by atoms with Gasteiger partial charge in [-0.15, -0.1) is 53.5 Å². The summed E-state index contributed by atoms with van der Waals surface area (Å²) >= 11 is 32.3. The summed E-state index contributed by atoms with van der Waals surface area (Å²) in [5.74, 6) is 0. The van der Waals surface area contributed by atoms with Gasteiger partial charge in [0.05, 0.1) is 0 Å². The topological polar surface area (TPSA) is 0 Å². The zero-order chi connectivity index (χ0) is 16.5. The van der Waals surface area contributed by atoms with Crippen LogP contribution in [0.25, 0.3) is 0 Å². The molecule has 0 aromatic rings. The minimum absolute atomic E-state index is 0.675. The molecule has 0 heterocycles. The van der Waals surface area contributed by atoms with Gasteiger partial charge in [0, 0.05) is 28.0 Å². The minimum atomic E-state index is -1.68. The van der Waals surface area contributed by atoms with E-state index in [1.54, 1.807) is 0 Å². The Morgan fingerprint density at radius 1 is 0.714 bits per heavy atom. The Morgan fingerprint density at radius 3 is 1.19 bits per heavy atom. The monoisotopic (exact) mass is 414 g/mol. The molecule has 0 nitrogen and oxygen atoms in total. The van der Waals surface area contributed by atoms with Gasteiger partial charge >= 0.3 is 5.28 Å². The van der Waals surface area contributed by atoms with E-state index in [2.05, 4.69) is 20.8 Å². The van der Waals surface area contributed by atoms with E-state index in [1.165, 1.54) is 0 Å². The molecule has 0 aliphatic carbocycles. The average Bonchev–Trinajstić information content (AvgIpc) is 2.45. The third kappa shape index (κ3) is 6.06. The van der Waals surface area contributed by atoms with E-state index < -0.39 is 21.9 Å². The van der Waals surface area contributed by atoms with Gasteiger partial charge in [-0.3, -0.25) is 0 Å². The molecule has 0 bridgehead atoms. The lowest BCUT2D eigenvalue weighted by molar-refractivity contribution is 0.842. The highest BCUT2D eigenvalue weighted by Gasteiger charge is 2.58. The van der Waals surface area contributed by atoms with E-state index in [0.717, 1.165) is 57.0 Å². The maximum Gasteiger partial charge on any atom is 0.307 e. The summed E-state index contributed by atoms with van der Waals surface area (Å²) < 4.78 is -1.35. The van der Waals surface area contributed by atoms with Crippen molar-refractivity contribution in [2.24, 2.45) is 0 Å². The van der Waals surface area contributed by atoms with Gasteiger partial charge in [0.15, 0.2) is 0 Å². The second-order valence-electron chi connectivity index (χ2n) is 5.96. The van der Waals surface area contributed by atoms with Crippen molar-refractivity contribution < 1.29 is 0 Å². The lowest BCUT2D eigenvalue weighted by atomic mass is 9.79. The van der Waals surface area contributed by atoms with E-state index >= 15 is 0 Å². The van der Waals surface area contributed by atoms with Gasteiger partial charge in [0.25, 0.3) is 0 Å². The molecule has 0 spiro atoms. The average molecular weight is 416 g/mol. The molecule has 0 aliphatic rings. The summed E-state index contributed by atoms with van der Waals surface area (Å²) in [6, 6.07) is 0. The molecule has 0 N–H and O–H groups in total. The van der Waals surface area contributed by atoms with Gasteiger partial charge in [0.2, 0.25) is 0 Å². The van der Waals surface area contributed by atoms with Crippen LogP contribution in [0.3, 0.4) is 0 Å². The third-order valence-corrected chi connectivity index (χ3v) is 14.9. The van der Waals surface area contributed by atoms with Crippen molar-refractivity contribution in [2.45, 2.75) is 68.8 Å². The molecule has 0 aromatic heterocycles. The number of rotatable bonds is 12. The van der Waals surface area contributed by atoms with E-state index in [0.29, 0.717) is 0 Å². The maximum atomic E-state index is 7.02. The third-order valence-electron chi connectivity index (χ3n) is 4.42. The summed E-state index contributed by atoms with van der Waals surface area (Å²) in [5, 5.41) is -1.68. The number of halogens is 5. The Kier molecular flexibility index (Phi) is 12.6. The zero-order valence-corrected chi connectivity index (χ0v) is 18.1. The Bertz CT molecular complexity index is 246. The fourth-order valence-corrected chi connectivity index (χ4v) is 13.2. The van der Waals surface area contributed by atoms with Gasteiger partial charge in [-0.05, 0) is 19.3 Å². The van der Waals surface area contributed by atoms with Crippen LogP contribution in [0.4, 0.5) is 0 Å². The molecule has 0 atom stereocenters. The maximum absolute atomic E-state index is 7.02. The number of hydrogen-bond donors (Lipinski definition) is 0. The molecule has 0 saturated heterocycles. The highest BCUT2D eigenvalue weighted by Crippen LogP contribution is 2.73. The summed E-state index contributed by atoms with van der Waals surface area (Å²) in [5.41, 5.74) is 0. The fraction of sp³-hybridized carbons (Fsp3) is 1.00. The molecule has 0 saturated carbocycles. The first-order valence-electron chi connectivity index (χ1n) is 8.09. The number of hydrogen-bond acceptors (Lipinski definition) is 0. The Morgan fingerprint density at radius 2 is 1.00 bits per heavy atom. The predicted molar refractivity (Wildman–Crippen MR) is 109 cm³/mol. The molecule has 0 aliphatic heterocycles. The molecule has 0 aromatic carbocycles. The van der Waals surface area contributed by atoms with Crippen LogP contribution in [0.15, 0.2) is 0 Å². The van der Waals surface area contributed by atoms with E-state index in [4.69, 9.17) is 57.9 Å². The molecule has 21 heavy (non-hydrogen) atoms. The summed E-state index contributed by atoms with van der Waals surface area (Å²) in [4.78, 5) is 0. The van der Waals surface area contributed by atoms with Crippen molar-refractivity contribution in [3.05, 3.63) is 0 Å². The largest absolute Gasteiger partial charge is 0.331 e. The molecule has 0 radical (unpaired) electrons. The second kappa shape index (κ2) is 11.5. The zero-order valence-electron chi connectivity index (χ0n) is 13.4. The Hall–Kier alpha value is 1.94. The quantitative estimate of drug-likeness (QED) is 0.173. The van der Waals surface area contributed by atoms with E-state index in [1.807, 2.05) is 0 Å². The van der Waals surface area contributed by atoms with Gasteiger partial charge in [-0.1, -0.05) is 40.0 Å². The highest BCUT2D eigenvalue weighted by atomic mass is 35.5. The molecule has 128 valence electrons. The Balaban J connectivity index is 5.63. The molecule has 0 fully saturated rings. The van der Waals surface area contributed by atoms with Crippen LogP contribution < -0.4 is 0 Å². The van der Waals surface area contributed by atoms with Gasteiger partial charge < -0.3 is 11.5 Å². The van der Waals surface area contributed by atoms with Crippen LogP contribution in [0.1, 0.15) is 59.3 Å². The van der Waals surface area contributed by atoms with E-state index in [9.17, 15) is 0 Å². The molecule has 0 rings (SSSR count). The van der Waals surface area contributed by atoms with Crippen molar-refractivity contribution in [1.29, 1.82) is 0 Å². The van der Waals surface area contributed by atoms with Crippen molar-refractivity contribution >= 4 is 70.3 Å². The fourth-order valence-electron chi connectivity index (χ4n) is 2.94. The van der Waals surface area contributed by atoms with Crippen LogP contribution in [0, 0.1) is 0 Å². The molecule has 0 unspecified atom stereocenters. The number of alkyl halides is 4. The van der Waals surface area contributed by atoms with Crippen LogP contribution >= 0.6 is 65.0 Å². The number of unbranched alkanes of at least 4 members (excludes halogenated alkanes) is 3. The lowest BCUT2D eigenvalue weighted by Gasteiger charge is -2.49. The first kappa shape index (κ1) is 22.9. The van der Waals surface area contributed by atoms with Crippen LogP contribution in [0.2, 0.25) is 0 Å². The summed E-state index contributed by atoms with van der Waals surface area (Å²) in [6.07, 6.45) is 10.2. The first-order chi connectivity index (χ1) is 9.82. The van der Waals surface area contributed by atoms with Gasteiger partial charge in [-0.2, -0.15) is 0 Å². The lowest BCUT2D eigenvalue weighted by Crippen LogP contribution is -2.49. The van der Waals surface area contributed by atoms with Crippen molar-refractivity contribution in [3.8, 4) is 0 Å². The van der Waals surface area contributed by atoms with Gasteiger partial charge in [0.1, 0.15) is 0 Å². The second-order valence-corrected chi connectivity index (χ2v) is 13.9. The minimum Gasteiger partial charge on any atom is -0.331 e. The summed E-state index contributed by atoms with van der Waals surface area (Å²) in [7, 11) is -1.58. The summed E-state index contributed by atoms with van der Waals surface area (Å²) in [6.45, 7) is 6.61.